The number of carbonyl (C=O) groups is 1. The molecule has 2 N–H and O–H groups in total. The number of nitrogens with zero attached hydrogens (tertiary/aromatic N) is 1. The van der Waals surface area contributed by atoms with E-state index in [0.29, 0.717) is 24.9 Å². The zero-order chi connectivity index (χ0) is 25.5. The van der Waals surface area contributed by atoms with Crippen LogP contribution in [0.4, 0.5) is 13.2 Å². The lowest BCUT2D eigenvalue weighted by molar-refractivity contribution is -0.158. The van der Waals surface area contributed by atoms with Crippen LogP contribution in [0.2, 0.25) is 0 Å². The molecule has 0 spiro atoms. The number of carbonyl (C=O) groups excluding carboxylic acids is 1. The lowest BCUT2D eigenvalue weighted by Crippen LogP contribution is -2.55. The average molecular weight is 507 g/mol. The Balaban J connectivity index is 1.34. The summed E-state index contributed by atoms with van der Waals surface area (Å²) in [5.74, 6) is -0.0719. The van der Waals surface area contributed by atoms with E-state index in [1.807, 2.05) is 35.2 Å². The Morgan fingerprint density at radius 3 is 2.61 bits per heavy atom. The lowest BCUT2D eigenvalue weighted by Gasteiger charge is -2.44. The Morgan fingerprint density at radius 1 is 1.06 bits per heavy atom. The van der Waals surface area contributed by atoms with Crippen LogP contribution in [0.1, 0.15) is 36.0 Å². The van der Waals surface area contributed by atoms with Crippen LogP contribution in [0.5, 0.6) is 0 Å². The van der Waals surface area contributed by atoms with Crippen LogP contribution in [0, 0.1) is 0 Å². The van der Waals surface area contributed by atoms with Crippen molar-refractivity contribution < 1.29 is 32.5 Å². The van der Waals surface area contributed by atoms with E-state index in [2.05, 4.69) is 5.32 Å². The molecule has 36 heavy (non-hydrogen) atoms. The molecule has 9 heteroatoms. The van der Waals surface area contributed by atoms with E-state index < -0.39 is 17.8 Å². The molecule has 0 aromatic heterocycles. The summed E-state index contributed by atoms with van der Waals surface area (Å²) in [6, 6.07) is 15.1. The summed E-state index contributed by atoms with van der Waals surface area (Å²) in [4.78, 5) is 14.5. The van der Waals surface area contributed by atoms with Gasteiger partial charge in [-0.3, -0.25) is 9.69 Å². The third-order valence-electron chi connectivity index (χ3n) is 6.72. The number of rotatable bonds is 7. The molecule has 4 rings (SSSR count). The molecule has 2 heterocycles. The van der Waals surface area contributed by atoms with Gasteiger partial charge in [-0.2, -0.15) is 13.2 Å². The summed E-state index contributed by atoms with van der Waals surface area (Å²) in [6.45, 7) is 1.46. The first-order chi connectivity index (χ1) is 17.3. The van der Waals surface area contributed by atoms with Crippen molar-refractivity contribution in [3.05, 3.63) is 71.3 Å². The number of β-amino-alcohol motifs (C(OH)–C–C–N with tert-alkyl or cyclic N) is 1. The number of halogens is 3. The van der Waals surface area contributed by atoms with Crippen molar-refractivity contribution in [1.29, 1.82) is 0 Å². The number of hydrogen-bond acceptors (Lipinski definition) is 5. The van der Waals surface area contributed by atoms with Crippen LogP contribution in [-0.2, 0) is 33.4 Å². The molecule has 0 bridgehead atoms. The molecule has 196 valence electrons. The molecular formula is C27H33F3N2O4. The first-order valence-electron chi connectivity index (χ1n) is 12.4. The van der Waals surface area contributed by atoms with Crippen molar-refractivity contribution in [3.8, 4) is 0 Å². The zero-order valence-corrected chi connectivity index (χ0v) is 20.1. The highest BCUT2D eigenvalue weighted by molar-refractivity contribution is 5.76. The Labute approximate surface area is 209 Å². The summed E-state index contributed by atoms with van der Waals surface area (Å²) < 4.78 is 51.4. The second-order valence-corrected chi connectivity index (χ2v) is 9.55. The highest BCUT2D eigenvalue weighted by Crippen LogP contribution is 2.32. The van der Waals surface area contributed by atoms with E-state index in [4.69, 9.17) is 9.47 Å². The quantitative estimate of drug-likeness (QED) is 0.601. The summed E-state index contributed by atoms with van der Waals surface area (Å²) in [5.41, 5.74) is 0.993. The van der Waals surface area contributed by atoms with Gasteiger partial charge in [0, 0.05) is 25.7 Å². The maximum atomic E-state index is 13.2. The number of alkyl halides is 3. The predicted molar refractivity (Wildman–Crippen MR) is 128 cm³/mol. The topological polar surface area (TPSA) is 71.0 Å². The van der Waals surface area contributed by atoms with Crippen molar-refractivity contribution in [2.45, 2.75) is 62.8 Å². The SMILES string of the molecule is O=C(C[C@@H]1CC[C@@H]2[C@H](COC[C@H](O)CN2Cc2cccc(C(F)(F)F)c2)O1)NCCc1ccccc1. The molecule has 2 fully saturated rings. The van der Waals surface area contributed by atoms with E-state index in [0.717, 1.165) is 24.1 Å². The molecule has 2 aliphatic heterocycles. The van der Waals surface area contributed by atoms with Gasteiger partial charge in [0.15, 0.2) is 0 Å². The zero-order valence-electron chi connectivity index (χ0n) is 20.1. The average Bonchev–Trinajstić information content (AvgIpc) is 2.83. The molecule has 2 aromatic rings. The van der Waals surface area contributed by atoms with Gasteiger partial charge in [-0.05, 0) is 36.5 Å². The van der Waals surface area contributed by atoms with E-state index in [-0.39, 0.29) is 56.9 Å². The van der Waals surface area contributed by atoms with Gasteiger partial charge in [0.2, 0.25) is 5.91 Å². The summed E-state index contributed by atoms with van der Waals surface area (Å²) in [7, 11) is 0. The fourth-order valence-corrected chi connectivity index (χ4v) is 4.98. The minimum atomic E-state index is -4.41. The molecule has 2 aromatic carbocycles. The number of benzene rings is 2. The van der Waals surface area contributed by atoms with Crippen LogP contribution in [0.3, 0.4) is 0 Å². The van der Waals surface area contributed by atoms with E-state index in [1.54, 1.807) is 6.07 Å². The fourth-order valence-electron chi connectivity index (χ4n) is 4.98. The van der Waals surface area contributed by atoms with Crippen LogP contribution in [0.25, 0.3) is 0 Å². The minimum absolute atomic E-state index is 0.0719. The van der Waals surface area contributed by atoms with Gasteiger partial charge in [0.05, 0.1) is 43.5 Å². The predicted octanol–water partition coefficient (Wildman–Crippen LogP) is 3.56. The van der Waals surface area contributed by atoms with Crippen molar-refractivity contribution >= 4 is 5.91 Å². The molecular weight excluding hydrogens is 473 g/mol. The highest BCUT2D eigenvalue weighted by atomic mass is 19.4. The summed E-state index contributed by atoms with van der Waals surface area (Å²) in [6.07, 6.45) is -3.41. The molecule has 2 saturated heterocycles. The minimum Gasteiger partial charge on any atom is -0.389 e. The standard InChI is InChI=1S/C27H33F3N2O4/c28-27(29,30)21-8-4-7-20(13-21)15-32-16-22(33)17-35-18-25-24(32)10-9-23(36-25)14-26(34)31-12-11-19-5-2-1-3-6-19/h1-8,13,22-25,33H,9-12,14-18H2,(H,31,34)/t22-,23+,24-,25+/m1/s1. The van der Waals surface area contributed by atoms with Gasteiger partial charge in [-0.15, -0.1) is 0 Å². The van der Waals surface area contributed by atoms with Crippen LogP contribution in [0.15, 0.2) is 54.6 Å². The van der Waals surface area contributed by atoms with Gasteiger partial charge in [-0.1, -0.05) is 48.5 Å². The lowest BCUT2D eigenvalue weighted by atomic mass is 9.94. The van der Waals surface area contributed by atoms with Gasteiger partial charge >= 0.3 is 6.18 Å². The number of aliphatic hydroxyl groups is 1. The van der Waals surface area contributed by atoms with Crippen molar-refractivity contribution in [2.24, 2.45) is 0 Å². The second kappa shape index (κ2) is 12.2. The van der Waals surface area contributed by atoms with Gasteiger partial charge < -0.3 is 19.9 Å². The normalized spacial score (nSPS) is 25.4. The number of hydrogen-bond donors (Lipinski definition) is 2. The molecule has 0 saturated carbocycles. The van der Waals surface area contributed by atoms with Crippen LogP contribution in [-0.4, -0.2) is 66.6 Å². The van der Waals surface area contributed by atoms with Gasteiger partial charge in [-0.25, -0.2) is 0 Å². The third-order valence-corrected chi connectivity index (χ3v) is 6.72. The van der Waals surface area contributed by atoms with E-state index >= 15 is 0 Å². The van der Waals surface area contributed by atoms with Crippen molar-refractivity contribution in [1.82, 2.24) is 10.2 Å². The fraction of sp³-hybridized carbons (Fsp3) is 0.519. The molecule has 0 unspecified atom stereocenters. The van der Waals surface area contributed by atoms with Gasteiger partial charge in [0.1, 0.15) is 0 Å². The van der Waals surface area contributed by atoms with E-state index in [1.165, 1.54) is 6.07 Å². The number of aliphatic hydroxyl groups excluding tert-OH is 1. The number of ether oxygens (including phenoxy) is 2. The monoisotopic (exact) mass is 506 g/mol. The number of nitrogens with one attached hydrogen (secondary N) is 1. The molecule has 4 atom stereocenters. The summed E-state index contributed by atoms with van der Waals surface area (Å²) >= 11 is 0. The molecule has 2 aliphatic rings. The molecule has 6 nitrogen and oxygen atoms in total. The van der Waals surface area contributed by atoms with Gasteiger partial charge in [0.25, 0.3) is 0 Å². The Morgan fingerprint density at radius 2 is 1.83 bits per heavy atom. The van der Waals surface area contributed by atoms with E-state index in [9.17, 15) is 23.1 Å². The van der Waals surface area contributed by atoms with Crippen LogP contribution < -0.4 is 5.32 Å². The molecule has 0 aliphatic carbocycles. The maximum absolute atomic E-state index is 13.2. The Bertz CT molecular complexity index is 988. The Kier molecular flexibility index (Phi) is 9.00. The number of fused-ring (bicyclic) bond motifs is 1. The highest BCUT2D eigenvalue weighted by Gasteiger charge is 2.38. The summed E-state index contributed by atoms with van der Waals surface area (Å²) in [5, 5.41) is 13.3. The second-order valence-electron chi connectivity index (χ2n) is 9.55. The Hall–Kier alpha value is -2.46. The van der Waals surface area contributed by atoms with Crippen molar-refractivity contribution in [3.63, 3.8) is 0 Å². The molecule has 1 amide bonds. The smallest absolute Gasteiger partial charge is 0.389 e. The first-order valence-corrected chi connectivity index (χ1v) is 12.4. The van der Waals surface area contributed by atoms with Crippen molar-refractivity contribution in [2.75, 3.05) is 26.3 Å². The molecule has 0 radical (unpaired) electrons. The first kappa shape index (κ1) is 26.6. The van der Waals surface area contributed by atoms with Crippen LogP contribution >= 0.6 is 0 Å². The largest absolute Gasteiger partial charge is 0.416 e. The maximum Gasteiger partial charge on any atom is 0.416 e. The third kappa shape index (κ3) is 7.52. The number of amides is 1.